The normalized spacial score (nSPS) is 14.9. The number of carboxylic acids is 1. The molecule has 8 heteroatoms. The van der Waals surface area contributed by atoms with Crippen molar-refractivity contribution in [2.75, 3.05) is 7.11 Å². The molecule has 192 valence electrons. The fourth-order valence-corrected chi connectivity index (χ4v) is 4.99. The van der Waals surface area contributed by atoms with Crippen molar-refractivity contribution in [2.24, 2.45) is 5.10 Å². The molecule has 2 N–H and O–H groups in total. The van der Waals surface area contributed by atoms with Gasteiger partial charge in [-0.3, -0.25) is 14.4 Å². The number of nitrogens with one attached hydrogen (secondary N) is 1. The number of ether oxygens (including phenoxy) is 1. The van der Waals surface area contributed by atoms with Crippen LogP contribution in [0, 0.1) is 6.92 Å². The van der Waals surface area contributed by atoms with E-state index in [2.05, 4.69) is 10.1 Å². The van der Waals surface area contributed by atoms with Crippen molar-refractivity contribution in [3.63, 3.8) is 0 Å². The van der Waals surface area contributed by atoms with Gasteiger partial charge in [0.25, 0.3) is 5.56 Å². The van der Waals surface area contributed by atoms with E-state index in [9.17, 15) is 14.4 Å². The lowest BCUT2D eigenvalue weighted by molar-refractivity contribution is -0.141. The van der Waals surface area contributed by atoms with Gasteiger partial charge in [-0.05, 0) is 30.7 Å². The zero-order chi connectivity index (χ0) is 26.8. The van der Waals surface area contributed by atoms with E-state index in [0.29, 0.717) is 22.5 Å². The second-order valence-corrected chi connectivity index (χ2v) is 9.26. The summed E-state index contributed by atoms with van der Waals surface area (Å²) in [7, 11) is 1.55. The highest BCUT2D eigenvalue weighted by molar-refractivity contribution is 6.13. The van der Waals surface area contributed by atoms with E-state index in [0.717, 1.165) is 27.6 Å². The van der Waals surface area contributed by atoms with Crippen LogP contribution in [0.2, 0.25) is 0 Å². The molecule has 0 spiro atoms. The second-order valence-electron chi connectivity index (χ2n) is 9.26. The molecule has 0 fully saturated rings. The number of aromatic amines is 1. The van der Waals surface area contributed by atoms with Crippen LogP contribution in [0.1, 0.15) is 42.0 Å². The number of H-pyrrole nitrogens is 1. The lowest BCUT2D eigenvalue weighted by Gasteiger charge is -2.23. The number of fused-ring (bicyclic) bond motifs is 1. The Morgan fingerprint density at radius 1 is 1.03 bits per heavy atom. The molecule has 0 radical (unpaired) electrons. The lowest BCUT2D eigenvalue weighted by Crippen LogP contribution is -2.27. The van der Waals surface area contributed by atoms with E-state index in [1.807, 2.05) is 73.7 Å². The first kappa shape index (κ1) is 25.0. The zero-order valence-corrected chi connectivity index (χ0v) is 21.1. The molecule has 1 aliphatic heterocycles. The minimum atomic E-state index is -1.07. The molecule has 38 heavy (non-hydrogen) atoms. The maximum Gasteiger partial charge on any atom is 0.303 e. The fraction of sp³-hybridized carbons (Fsp3) is 0.200. The summed E-state index contributed by atoms with van der Waals surface area (Å²) < 4.78 is 5.56. The Bertz CT molecular complexity index is 1620. The molecule has 3 aromatic carbocycles. The number of carbonyl (C=O) groups is 2. The molecule has 8 nitrogen and oxygen atoms in total. The quantitative estimate of drug-likeness (QED) is 0.362. The van der Waals surface area contributed by atoms with Crippen LogP contribution in [0.5, 0.6) is 5.75 Å². The van der Waals surface area contributed by atoms with Gasteiger partial charge in [0.2, 0.25) is 5.91 Å². The Kier molecular flexibility index (Phi) is 6.79. The third kappa shape index (κ3) is 4.68. The van der Waals surface area contributed by atoms with Gasteiger partial charge in [0.15, 0.2) is 0 Å². The lowest BCUT2D eigenvalue weighted by atomic mass is 9.90. The molecule has 1 aliphatic rings. The molecule has 4 aromatic rings. The first-order valence-corrected chi connectivity index (χ1v) is 12.3. The van der Waals surface area contributed by atoms with E-state index in [4.69, 9.17) is 9.84 Å². The number of aliphatic carboxylic acids is 1. The van der Waals surface area contributed by atoms with Crippen LogP contribution in [0.3, 0.4) is 0 Å². The van der Waals surface area contributed by atoms with Crippen LogP contribution in [0.15, 0.2) is 82.7 Å². The van der Waals surface area contributed by atoms with E-state index < -0.39 is 17.9 Å². The topological polar surface area (TPSA) is 112 Å². The minimum Gasteiger partial charge on any atom is -0.496 e. The summed E-state index contributed by atoms with van der Waals surface area (Å²) in [4.78, 5) is 41.0. The average Bonchev–Trinajstić information content (AvgIpc) is 3.36. The van der Waals surface area contributed by atoms with Crippen LogP contribution >= 0.6 is 0 Å². The Hall–Kier alpha value is -4.72. The summed E-state index contributed by atoms with van der Waals surface area (Å²) in [5.74, 6) is -0.924. The zero-order valence-electron chi connectivity index (χ0n) is 21.1. The number of pyridine rings is 1. The van der Waals surface area contributed by atoms with Crippen molar-refractivity contribution >= 4 is 28.5 Å². The molecule has 2 heterocycles. The van der Waals surface area contributed by atoms with E-state index >= 15 is 0 Å². The molecule has 0 bridgehead atoms. The van der Waals surface area contributed by atoms with Crippen molar-refractivity contribution in [1.29, 1.82) is 0 Å². The smallest absolute Gasteiger partial charge is 0.303 e. The summed E-state index contributed by atoms with van der Waals surface area (Å²) >= 11 is 0. The number of methoxy groups -OCH3 is 1. The number of carboxylic acid groups (broad SMARTS) is 1. The van der Waals surface area contributed by atoms with E-state index in [-0.39, 0.29) is 24.8 Å². The summed E-state index contributed by atoms with van der Waals surface area (Å²) in [6, 6.07) is 22.3. The Balaban J connectivity index is 1.71. The van der Waals surface area contributed by atoms with Crippen LogP contribution in [0.4, 0.5) is 0 Å². The molecular formula is C30H27N3O5. The Morgan fingerprint density at radius 3 is 2.50 bits per heavy atom. The van der Waals surface area contributed by atoms with Gasteiger partial charge in [0, 0.05) is 34.9 Å². The second kappa shape index (κ2) is 10.3. The highest BCUT2D eigenvalue weighted by atomic mass is 16.5. The molecular weight excluding hydrogens is 482 g/mol. The van der Waals surface area contributed by atoms with E-state index in [1.54, 1.807) is 13.2 Å². The number of para-hydroxylation sites is 1. The van der Waals surface area contributed by atoms with Gasteiger partial charge in [0.1, 0.15) is 5.75 Å². The number of rotatable bonds is 7. The Labute approximate surface area is 219 Å². The molecule has 0 saturated carbocycles. The van der Waals surface area contributed by atoms with E-state index in [1.165, 1.54) is 5.01 Å². The predicted molar refractivity (Wildman–Crippen MR) is 145 cm³/mol. The molecule has 0 unspecified atom stereocenters. The van der Waals surface area contributed by atoms with Gasteiger partial charge >= 0.3 is 5.97 Å². The summed E-state index contributed by atoms with van der Waals surface area (Å²) in [5.41, 5.74) is 4.61. The average molecular weight is 510 g/mol. The third-order valence-corrected chi connectivity index (χ3v) is 6.74. The largest absolute Gasteiger partial charge is 0.496 e. The maximum absolute atomic E-state index is 13.6. The first-order valence-electron chi connectivity index (χ1n) is 12.3. The minimum absolute atomic E-state index is 0.212. The SMILES string of the molecule is COc1ccccc1[C@@H]1CC(c2c(-c3ccccc3)c3cc(C)ccc3[nH]c2=O)=NN1C(=O)CCC(=O)O. The van der Waals surface area contributed by atoms with Crippen molar-refractivity contribution in [2.45, 2.75) is 32.2 Å². The Morgan fingerprint density at radius 2 is 1.76 bits per heavy atom. The number of aryl methyl sites for hydroxylation is 1. The third-order valence-electron chi connectivity index (χ3n) is 6.74. The van der Waals surface area contributed by atoms with Crippen molar-refractivity contribution < 1.29 is 19.4 Å². The van der Waals surface area contributed by atoms with Crippen LogP contribution in [-0.4, -0.2) is 39.8 Å². The number of aromatic nitrogens is 1. The number of hydrogen-bond acceptors (Lipinski definition) is 5. The molecule has 1 amide bonds. The van der Waals surface area contributed by atoms with Crippen LogP contribution in [0.25, 0.3) is 22.0 Å². The van der Waals surface area contributed by atoms with Gasteiger partial charge in [-0.15, -0.1) is 0 Å². The molecule has 1 aromatic heterocycles. The number of carbonyl (C=O) groups excluding carboxylic acids is 1. The van der Waals surface area contributed by atoms with Gasteiger partial charge in [0.05, 0.1) is 30.8 Å². The summed E-state index contributed by atoms with van der Waals surface area (Å²) in [5, 5.41) is 16.0. The number of hydrogen-bond donors (Lipinski definition) is 2. The van der Waals surface area contributed by atoms with Crippen LogP contribution < -0.4 is 10.3 Å². The van der Waals surface area contributed by atoms with Gasteiger partial charge in [-0.1, -0.05) is 60.2 Å². The number of hydrazone groups is 1. The highest BCUT2D eigenvalue weighted by Crippen LogP contribution is 2.40. The van der Waals surface area contributed by atoms with Gasteiger partial charge < -0.3 is 14.8 Å². The number of amides is 1. The standard InChI is InChI=1S/C30H27N3O5/c1-18-12-13-22-21(16-18)28(19-8-4-3-5-9-19)29(30(37)31-22)23-17-24(20-10-6-7-11-25(20)38-2)33(32-23)26(34)14-15-27(35)36/h3-13,16,24H,14-15,17H2,1-2H3,(H,31,37)(H,35,36)/t24-/m0/s1. The number of benzene rings is 3. The summed E-state index contributed by atoms with van der Waals surface area (Å²) in [6.45, 7) is 1.99. The van der Waals surface area contributed by atoms with Crippen molar-refractivity contribution in [1.82, 2.24) is 9.99 Å². The molecule has 1 atom stereocenters. The first-order chi connectivity index (χ1) is 18.4. The number of nitrogens with zero attached hydrogens (tertiary/aromatic N) is 2. The highest BCUT2D eigenvalue weighted by Gasteiger charge is 2.36. The van der Waals surface area contributed by atoms with Crippen LogP contribution in [-0.2, 0) is 9.59 Å². The predicted octanol–water partition coefficient (Wildman–Crippen LogP) is 5.05. The monoisotopic (exact) mass is 509 g/mol. The van der Waals surface area contributed by atoms with Gasteiger partial charge in [-0.25, -0.2) is 5.01 Å². The maximum atomic E-state index is 13.6. The fourth-order valence-electron chi connectivity index (χ4n) is 4.99. The van der Waals surface area contributed by atoms with Crippen molar-refractivity contribution in [3.8, 4) is 16.9 Å². The molecule has 0 aliphatic carbocycles. The van der Waals surface area contributed by atoms with Gasteiger partial charge in [-0.2, -0.15) is 5.10 Å². The molecule has 0 saturated heterocycles. The molecule has 5 rings (SSSR count). The van der Waals surface area contributed by atoms with Crippen molar-refractivity contribution in [3.05, 3.63) is 99.8 Å². The summed E-state index contributed by atoms with van der Waals surface area (Å²) in [6.07, 6.45) is -0.264.